The van der Waals surface area contributed by atoms with E-state index in [9.17, 15) is 4.79 Å². The van der Waals surface area contributed by atoms with Gasteiger partial charge in [0.25, 0.3) is 0 Å². The third kappa shape index (κ3) is 3.68. The van der Waals surface area contributed by atoms with Gasteiger partial charge in [0.1, 0.15) is 0 Å². The third-order valence-electron chi connectivity index (χ3n) is 3.56. The highest BCUT2D eigenvalue weighted by Crippen LogP contribution is 2.24. The standard InChI is InChI=1S/C17H16ClN3OS/c1-10-7-14-15(8-11(10)2)21-17(20-14)23-9-16(22)19-13-6-4-3-5-12(13)18/h3-8H,9H2,1-2H3,(H,19,22)(H,20,21). The van der Waals surface area contributed by atoms with Crippen LogP contribution < -0.4 is 5.32 Å². The number of H-pyrrole nitrogens is 1. The highest BCUT2D eigenvalue weighted by atomic mass is 35.5. The lowest BCUT2D eigenvalue weighted by Crippen LogP contribution is -2.14. The minimum Gasteiger partial charge on any atom is -0.333 e. The molecule has 1 aromatic heterocycles. The van der Waals surface area contributed by atoms with Gasteiger partial charge in [-0.2, -0.15) is 0 Å². The highest BCUT2D eigenvalue weighted by molar-refractivity contribution is 7.99. The number of amides is 1. The maximum absolute atomic E-state index is 12.0. The predicted molar refractivity (Wildman–Crippen MR) is 96.4 cm³/mol. The second-order valence-electron chi connectivity index (χ2n) is 5.31. The molecule has 0 spiro atoms. The lowest BCUT2D eigenvalue weighted by Gasteiger charge is -2.05. The van der Waals surface area contributed by atoms with Crippen LogP contribution in [-0.2, 0) is 4.79 Å². The summed E-state index contributed by atoms with van der Waals surface area (Å²) >= 11 is 7.40. The number of benzene rings is 2. The average Bonchev–Trinajstić information content (AvgIpc) is 2.90. The van der Waals surface area contributed by atoms with Crippen LogP contribution in [0.4, 0.5) is 5.69 Å². The Hall–Kier alpha value is -1.98. The Kier molecular flexibility index (Phi) is 4.59. The molecule has 1 heterocycles. The first-order valence-electron chi connectivity index (χ1n) is 7.17. The average molecular weight is 346 g/mol. The Bertz CT molecular complexity index is 836. The molecule has 3 rings (SSSR count). The van der Waals surface area contributed by atoms with Crippen LogP contribution in [0.15, 0.2) is 41.6 Å². The second kappa shape index (κ2) is 6.64. The lowest BCUT2D eigenvalue weighted by atomic mass is 10.1. The zero-order valence-corrected chi connectivity index (χ0v) is 14.4. The number of aryl methyl sites for hydroxylation is 2. The van der Waals surface area contributed by atoms with Gasteiger partial charge in [-0.25, -0.2) is 4.98 Å². The van der Waals surface area contributed by atoms with E-state index in [1.807, 2.05) is 12.1 Å². The summed E-state index contributed by atoms with van der Waals surface area (Å²) in [6.07, 6.45) is 0. The van der Waals surface area contributed by atoms with Crippen molar-refractivity contribution in [3.05, 3.63) is 52.5 Å². The zero-order valence-electron chi connectivity index (χ0n) is 12.8. The molecule has 0 aliphatic rings. The number of thioether (sulfide) groups is 1. The minimum absolute atomic E-state index is 0.115. The number of carbonyl (C=O) groups is 1. The molecular formula is C17H16ClN3OS. The van der Waals surface area contributed by atoms with Gasteiger partial charge in [0.2, 0.25) is 5.91 Å². The largest absolute Gasteiger partial charge is 0.333 e. The number of hydrogen-bond acceptors (Lipinski definition) is 3. The summed E-state index contributed by atoms with van der Waals surface area (Å²) in [6, 6.07) is 11.3. The quantitative estimate of drug-likeness (QED) is 0.681. The number of rotatable bonds is 4. The van der Waals surface area contributed by atoms with E-state index in [1.54, 1.807) is 12.1 Å². The molecule has 0 unspecified atom stereocenters. The van der Waals surface area contributed by atoms with E-state index < -0.39 is 0 Å². The maximum atomic E-state index is 12.0. The number of imidazole rings is 1. The molecule has 23 heavy (non-hydrogen) atoms. The summed E-state index contributed by atoms with van der Waals surface area (Å²) in [5.41, 5.74) is 4.95. The van der Waals surface area contributed by atoms with Crippen LogP contribution in [0.5, 0.6) is 0 Å². The molecule has 0 saturated carbocycles. The van der Waals surface area contributed by atoms with Gasteiger partial charge in [-0.15, -0.1) is 0 Å². The maximum Gasteiger partial charge on any atom is 0.234 e. The van der Waals surface area contributed by atoms with Gasteiger partial charge in [0.05, 0.1) is 27.5 Å². The van der Waals surface area contributed by atoms with Crippen molar-refractivity contribution in [2.45, 2.75) is 19.0 Å². The molecule has 0 radical (unpaired) electrons. The van der Waals surface area contributed by atoms with Gasteiger partial charge < -0.3 is 10.3 Å². The lowest BCUT2D eigenvalue weighted by molar-refractivity contribution is -0.113. The van der Waals surface area contributed by atoms with Crippen LogP contribution in [0.25, 0.3) is 11.0 Å². The van der Waals surface area contributed by atoms with Gasteiger partial charge in [0.15, 0.2) is 5.16 Å². The van der Waals surface area contributed by atoms with Crippen molar-refractivity contribution in [1.82, 2.24) is 9.97 Å². The van der Waals surface area contributed by atoms with Crippen molar-refractivity contribution in [2.24, 2.45) is 0 Å². The molecule has 2 aromatic carbocycles. The van der Waals surface area contributed by atoms with Crippen LogP contribution in [0.1, 0.15) is 11.1 Å². The fourth-order valence-corrected chi connectivity index (χ4v) is 3.07. The number of hydrogen-bond donors (Lipinski definition) is 2. The van der Waals surface area contributed by atoms with Crippen LogP contribution in [0.2, 0.25) is 5.02 Å². The Balaban J connectivity index is 1.66. The topological polar surface area (TPSA) is 57.8 Å². The number of nitrogens with one attached hydrogen (secondary N) is 2. The minimum atomic E-state index is -0.115. The number of nitrogens with zero attached hydrogens (tertiary/aromatic N) is 1. The molecule has 2 N–H and O–H groups in total. The summed E-state index contributed by atoms with van der Waals surface area (Å²) in [6.45, 7) is 4.13. The molecule has 0 atom stereocenters. The van der Waals surface area contributed by atoms with E-state index in [-0.39, 0.29) is 11.7 Å². The van der Waals surface area contributed by atoms with Crippen LogP contribution >= 0.6 is 23.4 Å². The zero-order chi connectivity index (χ0) is 16.4. The molecule has 0 saturated heterocycles. The molecule has 4 nitrogen and oxygen atoms in total. The van der Waals surface area contributed by atoms with Gasteiger partial charge in [-0.1, -0.05) is 35.5 Å². The van der Waals surface area contributed by atoms with Gasteiger partial charge in [0, 0.05) is 0 Å². The molecule has 0 bridgehead atoms. The van der Waals surface area contributed by atoms with Crippen molar-refractivity contribution in [3.63, 3.8) is 0 Å². The van der Waals surface area contributed by atoms with E-state index in [2.05, 4.69) is 41.3 Å². The van der Waals surface area contributed by atoms with Gasteiger partial charge in [-0.05, 0) is 49.2 Å². The molecular weight excluding hydrogens is 330 g/mol. The van der Waals surface area contributed by atoms with E-state index in [0.717, 1.165) is 16.2 Å². The first-order chi connectivity index (χ1) is 11.0. The van der Waals surface area contributed by atoms with Crippen LogP contribution in [0, 0.1) is 13.8 Å². The van der Waals surface area contributed by atoms with Crippen LogP contribution in [-0.4, -0.2) is 21.6 Å². The molecule has 0 fully saturated rings. The molecule has 0 aliphatic carbocycles. The summed E-state index contributed by atoms with van der Waals surface area (Å²) in [5, 5.41) is 4.06. The molecule has 6 heteroatoms. The number of aromatic nitrogens is 2. The van der Waals surface area contributed by atoms with E-state index in [4.69, 9.17) is 11.6 Å². The van der Waals surface area contributed by atoms with Crippen LogP contribution in [0.3, 0.4) is 0 Å². The van der Waals surface area contributed by atoms with Crippen molar-refractivity contribution in [2.75, 3.05) is 11.1 Å². The first kappa shape index (κ1) is 15.9. The Morgan fingerprint density at radius 3 is 2.78 bits per heavy atom. The number of halogens is 1. The van der Waals surface area contributed by atoms with Gasteiger partial charge in [-0.3, -0.25) is 4.79 Å². The number of aromatic amines is 1. The van der Waals surface area contributed by atoms with Crippen molar-refractivity contribution < 1.29 is 4.79 Å². The summed E-state index contributed by atoms with van der Waals surface area (Å²) in [4.78, 5) is 19.8. The Morgan fingerprint density at radius 1 is 1.26 bits per heavy atom. The van der Waals surface area contributed by atoms with E-state index >= 15 is 0 Å². The molecule has 118 valence electrons. The molecule has 1 amide bonds. The Morgan fingerprint density at radius 2 is 2.00 bits per heavy atom. The fourth-order valence-electron chi connectivity index (χ4n) is 2.20. The monoisotopic (exact) mass is 345 g/mol. The third-order valence-corrected chi connectivity index (χ3v) is 4.77. The highest BCUT2D eigenvalue weighted by Gasteiger charge is 2.09. The SMILES string of the molecule is Cc1cc2nc(SCC(=O)Nc3ccccc3Cl)[nH]c2cc1C. The summed E-state index contributed by atoms with van der Waals surface area (Å²) in [7, 11) is 0. The predicted octanol–water partition coefficient (Wildman–Crippen LogP) is 4.56. The Labute approximate surface area is 143 Å². The number of anilines is 1. The van der Waals surface area contributed by atoms with E-state index in [0.29, 0.717) is 10.7 Å². The summed E-state index contributed by atoms with van der Waals surface area (Å²) < 4.78 is 0. The number of para-hydroxylation sites is 1. The second-order valence-corrected chi connectivity index (χ2v) is 6.68. The first-order valence-corrected chi connectivity index (χ1v) is 8.53. The smallest absolute Gasteiger partial charge is 0.234 e. The summed E-state index contributed by atoms with van der Waals surface area (Å²) in [5.74, 6) is 0.152. The number of fused-ring (bicyclic) bond motifs is 1. The molecule has 0 aliphatic heterocycles. The van der Waals surface area contributed by atoms with Gasteiger partial charge >= 0.3 is 0 Å². The van der Waals surface area contributed by atoms with E-state index in [1.165, 1.54) is 22.9 Å². The van der Waals surface area contributed by atoms with Crippen molar-refractivity contribution in [3.8, 4) is 0 Å². The fraction of sp³-hybridized carbons (Fsp3) is 0.176. The van der Waals surface area contributed by atoms with Crippen molar-refractivity contribution in [1.29, 1.82) is 0 Å². The molecule has 3 aromatic rings. The number of carbonyl (C=O) groups excluding carboxylic acids is 1. The normalized spacial score (nSPS) is 10.9. The van der Waals surface area contributed by atoms with Crippen molar-refractivity contribution >= 4 is 46.0 Å².